The maximum absolute atomic E-state index is 13.0. The molecule has 2 N–H and O–H groups in total. The molecule has 1 aromatic rings. The van der Waals surface area contributed by atoms with Gasteiger partial charge in [-0.3, -0.25) is 9.69 Å². The molecule has 0 radical (unpaired) electrons. The van der Waals surface area contributed by atoms with E-state index in [1.54, 1.807) is 17.0 Å². The fraction of sp³-hybridized carbons (Fsp3) is 0.550. The fourth-order valence-corrected chi connectivity index (χ4v) is 3.50. The topological polar surface area (TPSA) is 101 Å². The zero-order valence-corrected chi connectivity index (χ0v) is 17.2. The second-order valence-corrected chi connectivity index (χ2v) is 7.60. The number of hydrogen-bond donors (Lipinski definition) is 2. The lowest BCUT2D eigenvalue weighted by molar-refractivity contribution is -0.192. The van der Waals surface area contributed by atoms with Crippen LogP contribution in [0.4, 0.5) is 22.4 Å². The highest BCUT2D eigenvalue weighted by Gasteiger charge is 2.38. The van der Waals surface area contributed by atoms with Crippen LogP contribution in [0.25, 0.3) is 0 Å². The first kappa shape index (κ1) is 25.4. The third-order valence-electron chi connectivity index (χ3n) is 5.25. The van der Waals surface area contributed by atoms with Gasteiger partial charge in [0.15, 0.2) is 0 Å². The van der Waals surface area contributed by atoms with Crippen molar-refractivity contribution in [1.82, 2.24) is 14.7 Å². The number of alkyl halides is 3. The largest absolute Gasteiger partial charge is 0.490 e. The molecule has 0 bridgehead atoms. The molecule has 8 nitrogen and oxygen atoms in total. The molecule has 2 saturated heterocycles. The Morgan fingerprint density at radius 2 is 1.50 bits per heavy atom. The number of carbonyl (C=O) groups is 3. The predicted molar refractivity (Wildman–Crippen MR) is 104 cm³/mol. The molecule has 0 saturated carbocycles. The van der Waals surface area contributed by atoms with Crippen molar-refractivity contribution < 1.29 is 42.2 Å². The van der Waals surface area contributed by atoms with E-state index < -0.39 is 24.0 Å². The third kappa shape index (κ3) is 7.66. The molecule has 32 heavy (non-hydrogen) atoms. The zero-order chi connectivity index (χ0) is 23.9. The van der Waals surface area contributed by atoms with Gasteiger partial charge in [-0.05, 0) is 30.5 Å². The maximum atomic E-state index is 13.0. The van der Waals surface area contributed by atoms with E-state index in [-0.39, 0.29) is 11.8 Å². The van der Waals surface area contributed by atoms with Crippen molar-refractivity contribution in [2.75, 3.05) is 39.3 Å². The molecule has 1 unspecified atom stereocenters. The highest BCUT2D eigenvalue weighted by Crippen LogP contribution is 2.19. The van der Waals surface area contributed by atoms with Gasteiger partial charge in [-0.25, -0.2) is 14.0 Å². The van der Waals surface area contributed by atoms with E-state index in [0.717, 1.165) is 31.6 Å². The maximum Gasteiger partial charge on any atom is 0.490 e. The zero-order valence-electron chi connectivity index (χ0n) is 17.2. The normalized spacial score (nSPS) is 19.7. The van der Waals surface area contributed by atoms with E-state index in [2.05, 4.69) is 4.90 Å². The van der Waals surface area contributed by atoms with Gasteiger partial charge in [-0.2, -0.15) is 13.2 Å². The Bertz CT molecular complexity index is 795. The first-order chi connectivity index (χ1) is 15.0. The van der Waals surface area contributed by atoms with E-state index in [9.17, 15) is 27.2 Å². The van der Waals surface area contributed by atoms with Crippen molar-refractivity contribution in [3.8, 4) is 0 Å². The number of hydrogen-bond acceptors (Lipinski definition) is 4. The number of benzene rings is 1. The number of piperidine rings is 1. The molecule has 1 atom stereocenters. The van der Waals surface area contributed by atoms with Gasteiger partial charge < -0.3 is 20.0 Å². The number of halogens is 4. The standard InChI is InChI=1S/C18H24FN3O3.C2HF3O2/c19-16-5-3-14(4-6-16)12-20-8-10-21(11-9-20)18(25)22-7-1-2-15(13-22)17(23)24;3-2(4,5)1(6)7/h3-6,15H,1-2,7-13H2,(H,23,24);(H,6,7). The molecule has 0 spiro atoms. The summed E-state index contributed by atoms with van der Waals surface area (Å²) in [5.74, 6) is -4.26. The van der Waals surface area contributed by atoms with Crippen molar-refractivity contribution in [3.05, 3.63) is 35.6 Å². The summed E-state index contributed by atoms with van der Waals surface area (Å²) in [7, 11) is 0. The minimum atomic E-state index is -5.08. The Morgan fingerprint density at radius 1 is 0.938 bits per heavy atom. The molecule has 12 heteroatoms. The summed E-state index contributed by atoms with van der Waals surface area (Å²) in [6.45, 7) is 4.48. The van der Waals surface area contributed by atoms with Crippen LogP contribution >= 0.6 is 0 Å². The molecular weight excluding hydrogens is 438 g/mol. The summed E-state index contributed by atoms with van der Waals surface area (Å²) >= 11 is 0. The van der Waals surface area contributed by atoms with Gasteiger partial charge in [-0.1, -0.05) is 12.1 Å². The number of amides is 2. The van der Waals surface area contributed by atoms with E-state index in [4.69, 9.17) is 15.0 Å². The first-order valence-corrected chi connectivity index (χ1v) is 10.0. The van der Waals surface area contributed by atoms with Gasteiger partial charge >= 0.3 is 24.1 Å². The summed E-state index contributed by atoms with van der Waals surface area (Å²) < 4.78 is 44.7. The van der Waals surface area contributed by atoms with Crippen LogP contribution in [-0.2, 0) is 16.1 Å². The van der Waals surface area contributed by atoms with Crippen LogP contribution in [0.3, 0.4) is 0 Å². The summed E-state index contributed by atoms with van der Waals surface area (Å²) in [4.78, 5) is 38.4. The molecule has 2 heterocycles. The summed E-state index contributed by atoms with van der Waals surface area (Å²) in [5.41, 5.74) is 1.06. The Morgan fingerprint density at radius 3 is 2.00 bits per heavy atom. The number of piperazine rings is 1. The smallest absolute Gasteiger partial charge is 0.481 e. The Labute approximate surface area is 182 Å². The molecule has 0 aliphatic carbocycles. The Kier molecular flexibility index (Phi) is 8.81. The quantitative estimate of drug-likeness (QED) is 0.668. The molecule has 3 rings (SSSR count). The second-order valence-electron chi connectivity index (χ2n) is 7.60. The molecule has 1 aromatic carbocycles. The van der Waals surface area contributed by atoms with Gasteiger partial charge in [-0.15, -0.1) is 0 Å². The van der Waals surface area contributed by atoms with Crippen molar-refractivity contribution in [2.24, 2.45) is 5.92 Å². The van der Waals surface area contributed by atoms with Crippen LogP contribution in [0, 0.1) is 11.7 Å². The van der Waals surface area contributed by atoms with E-state index in [1.165, 1.54) is 12.1 Å². The molecule has 178 valence electrons. The van der Waals surface area contributed by atoms with Crippen LogP contribution < -0.4 is 0 Å². The number of urea groups is 1. The van der Waals surface area contributed by atoms with Gasteiger partial charge in [0.1, 0.15) is 5.82 Å². The lowest BCUT2D eigenvalue weighted by Gasteiger charge is -2.39. The summed E-state index contributed by atoms with van der Waals surface area (Å²) in [6, 6.07) is 6.45. The number of nitrogens with zero attached hydrogens (tertiary/aromatic N) is 3. The number of carboxylic acids is 2. The van der Waals surface area contributed by atoms with Crippen molar-refractivity contribution in [1.29, 1.82) is 0 Å². The monoisotopic (exact) mass is 463 g/mol. The molecule has 2 amide bonds. The SMILES string of the molecule is O=C(O)C(F)(F)F.O=C(O)C1CCCN(C(=O)N2CCN(Cc3ccc(F)cc3)CC2)C1. The number of aliphatic carboxylic acids is 2. The average Bonchev–Trinajstić information content (AvgIpc) is 2.75. The lowest BCUT2D eigenvalue weighted by atomic mass is 9.98. The van der Waals surface area contributed by atoms with Crippen LogP contribution in [0.15, 0.2) is 24.3 Å². The van der Waals surface area contributed by atoms with Crippen LogP contribution in [0.5, 0.6) is 0 Å². The number of carbonyl (C=O) groups excluding carboxylic acids is 1. The molecule has 0 aromatic heterocycles. The van der Waals surface area contributed by atoms with E-state index in [0.29, 0.717) is 32.6 Å². The third-order valence-corrected chi connectivity index (χ3v) is 5.25. The summed E-state index contributed by atoms with van der Waals surface area (Å²) in [5, 5.41) is 16.3. The van der Waals surface area contributed by atoms with Crippen LogP contribution in [0.2, 0.25) is 0 Å². The minimum Gasteiger partial charge on any atom is -0.481 e. The molecule has 2 fully saturated rings. The van der Waals surface area contributed by atoms with Gasteiger partial charge in [0.2, 0.25) is 0 Å². The lowest BCUT2D eigenvalue weighted by Crippen LogP contribution is -2.54. The molecule has 2 aliphatic rings. The van der Waals surface area contributed by atoms with E-state index in [1.807, 2.05) is 4.90 Å². The average molecular weight is 463 g/mol. The molecular formula is C20H25F4N3O5. The Balaban J connectivity index is 0.000000451. The second kappa shape index (κ2) is 11.1. The van der Waals surface area contributed by atoms with Crippen molar-refractivity contribution >= 4 is 18.0 Å². The number of rotatable bonds is 3. The van der Waals surface area contributed by atoms with Crippen LogP contribution in [-0.4, -0.2) is 88.3 Å². The summed E-state index contributed by atoms with van der Waals surface area (Å²) in [6.07, 6.45) is -3.70. The molecule has 2 aliphatic heterocycles. The fourth-order valence-electron chi connectivity index (χ4n) is 3.50. The van der Waals surface area contributed by atoms with E-state index >= 15 is 0 Å². The van der Waals surface area contributed by atoms with Gasteiger partial charge in [0.05, 0.1) is 5.92 Å². The van der Waals surface area contributed by atoms with Crippen LogP contribution in [0.1, 0.15) is 18.4 Å². The Hall–Kier alpha value is -2.89. The predicted octanol–water partition coefficient (Wildman–Crippen LogP) is 2.49. The number of likely N-dealkylation sites (tertiary alicyclic amines) is 1. The highest BCUT2D eigenvalue weighted by atomic mass is 19.4. The number of carboxylic acid groups (broad SMARTS) is 2. The van der Waals surface area contributed by atoms with Gasteiger partial charge in [0.25, 0.3) is 0 Å². The van der Waals surface area contributed by atoms with Crippen molar-refractivity contribution in [3.63, 3.8) is 0 Å². The van der Waals surface area contributed by atoms with Crippen molar-refractivity contribution in [2.45, 2.75) is 25.6 Å². The first-order valence-electron chi connectivity index (χ1n) is 10.0. The minimum absolute atomic E-state index is 0.0487. The van der Waals surface area contributed by atoms with Gasteiger partial charge in [0, 0.05) is 45.8 Å². The highest BCUT2D eigenvalue weighted by molar-refractivity contribution is 5.77.